The zero-order valence-corrected chi connectivity index (χ0v) is 8.43. The van der Waals surface area contributed by atoms with Gasteiger partial charge in [0.15, 0.2) is 25.8 Å². The molecule has 1 aliphatic rings. The maximum absolute atomic E-state index is 11.3. The van der Waals surface area contributed by atoms with Gasteiger partial charge in [-0.3, -0.25) is 0 Å². The van der Waals surface area contributed by atoms with Gasteiger partial charge in [0.25, 0.3) is 0 Å². The Morgan fingerprint density at radius 2 is 1.40 bits per heavy atom. The largest absolute Gasteiger partial charge is 0.467 e. The molecule has 1 saturated heterocycles. The number of esters is 2. The van der Waals surface area contributed by atoms with Crippen molar-refractivity contribution in [3.8, 4) is 0 Å². The Morgan fingerprint density at radius 3 is 1.73 bits per heavy atom. The molecular formula is C8H12O7. The minimum absolute atomic E-state index is 0.146. The van der Waals surface area contributed by atoms with E-state index in [1.807, 2.05) is 0 Å². The Hall–Kier alpha value is -1.18. The summed E-state index contributed by atoms with van der Waals surface area (Å²) < 4.78 is 23.6. The summed E-state index contributed by atoms with van der Waals surface area (Å²) >= 11 is 0. The average Bonchev–Trinajstić information content (AvgIpc) is 2.52. The predicted molar refractivity (Wildman–Crippen MR) is 44.6 cm³/mol. The minimum Gasteiger partial charge on any atom is -0.467 e. The second-order valence-electron chi connectivity index (χ2n) is 2.66. The lowest BCUT2D eigenvalue weighted by Gasteiger charge is -2.18. The van der Waals surface area contributed by atoms with Crippen molar-refractivity contribution in [2.45, 2.75) is 12.2 Å². The van der Waals surface area contributed by atoms with Crippen LogP contribution in [0.4, 0.5) is 0 Å². The maximum Gasteiger partial charge on any atom is 0.338 e. The molecule has 0 bridgehead atoms. The quantitative estimate of drug-likeness (QED) is 0.555. The maximum atomic E-state index is 11.3. The predicted octanol–water partition coefficient (Wildman–Crippen LogP) is -0.952. The number of carbonyl (C=O) groups is 2. The Kier molecular flexibility index (Phi) is 4.47. The summed E-state index contributed by atoms with van der Waals surface area (Å²) in [5, 5.41) is 0. The first-order valence-corrected chi connectivity index (χ1v) is 4.17. The highest BCUT2D eigenvalue weighted by Gasteiger charge is 2.39. The van der Waals surface area contributed by atoms with Gasteiger partial charge in [-0.2, -0.15) is 0 Å². The van der Waals surface area contributed by atoms with Crippen molar-refractivity contribution in [1.29, 1.82) is 0 Å². The Balaban J connectivity index is 2.75. The van der Waals surface area contributed by atoms with E-state index in [0.717, 1.165) is 0 Å². The van der Waals surface area contributed by atoms with Crippen LogP contribution in [-0.2, 0) is 33.3 Å². The van der Waals surface area contributed by atoms with Crippen LogP contribution in [0.5, 0.6) is 0 Å². The van der Waals surface area contributed by atoms with E-state index < -0.39 is 24.1 Å². The van der Waals surface area contributed by atoms with Gasteiger partial charge in [-0.1, -0.05) is 0 Å². The molecule has 7 nitrogen and oxygen atoms in total. The van der Waals surface area contributed by atoms with Crippen LogP contribution in [0.2, 0.25) is 0 Å². The second kappa shape index (κ2) is 5.64. The van der Waals surface area contributed by atoms with Crippen LogP contribution in [0.1, 0.15) is 0 Å². The molecular weight excluding hydrogens is 208 g/mol. The van der Waals surface area contributed by atoms with Crippen molar-refractivity contribution in [3.63, 3.8) is 0 Å². The summed E-state index contributed by atoms with van der Waals surface area (Å²) in [6, 6.07) is 0. The van der Waals surface area contributed by atoms with Crippen LogP contribution < -0.4 is 0 Å². The standard InChI is InChI=1S/C8H12O7/c1-11-7(9)5-6(8(10)12-2)15-4-13-3-14-5/h5-6H,3-4H2,1-2H3. The fourth-order valence-corrected chi connectivity index (χ4v) is 1.07. The van der Waals surface area contributed by atoms with Gasteiger partial charge >= 0.3 is 11.9 Å². The zero-order chi connectivity index (χ0) is 11.3. The minimum atomic E-state index is -1.16. The summed E-state index contributed by atoms with van der Waals surface area (Å²) in [7, 11) is 2.37. The van der Waals surface area contributed by atoms with E-state index in [4.69, 9.17) is 14.2 Å². The van der Waals surface area contributed by atoms with Crippen molar-refractivity contribution < 1.29 is 33.3 Å². The van der Waals surface area contributed by atoms with Gasteiger partial charge in [0.1, 0.15) is 0 Å². The number of ether oxygens (including phenoxy) is 5. The molecule has 0 aromatic carbocycles. The first-order valence-electron chi connectivity index (χ1n) is 4.17. The molecule has 0 amide bonds. The molecule has 0 spiro atoms. The number of hydrogen-bond acceptors (Lipinski definition) is 7. The van der Waals surface area contributed by atoms with Gasteiger partial charge in [0.2, 0.25) is 0 Å². The smallest absolute Gasteiger partial charge is 0.338 e. The number of methoxy groups -OCH3 is 2. The summed E-state index contributed by atoms with van der Waals surface area (Å²) in [5.41, 5.74) is 0. The molecule has 0 aliphatic carbocycles. The monoisotopic (exact) mass is 220 g/mol. The molecule has 2 unspecified atom stereocenters. The first-order chi connectivity index (χ1) is 7.20. The SMILES string of the molecule is COC(=O)C1OCOCOC1C(=O)OC. The third kappa shape index (κ3) is 2.88. The summed E-state index contributed by atoms with van der Waals surface area (Å²) in [6.07, 6.45) is -2.32. The van der Waals surface area contributed by atoms with Crippen LogP contribution in [0.15, 0.2) is 0 Å². The molecule has 2 atom stereocenters. The molecule has 1 heterocycles. The third-order valence-corrected chi connectivity index (χ3v) is 1.80. The first kappa shape index (κ1) is 11.9. The highest BCUT2D eigenvalue weighted by Crippen LogP contribution is 2.12. The Morgan fingerprint density at radius 1 is 1.00 bits per heavy atom. The van der Waals surface area contributed by atoms with Crippen LogP contribution >= 0.6 is 0 Å². The molecule has 86 valence electrons. The molecule has 15 heavy (non-hydrogen) atoms. The number of carbonyl (C=O) groups excluding carboxylic acids is 2. The van der Waals surface area contributed by atoms with Gasteiger partial charge in [-0.25, -0.2) is 9.59 Å². The van der Waals surface area contributed by atoms with Crippen LogP contribution in [0.25, 0.3) is 0 Å². The molecule has 0 aromatic rings. The number of rotatable bonds is 2. The topological polar surface area (TPSA) is 80.3 Å². The van der Waals surface area contributed by atoms with Gasteiger partial charge in [-0.15, -0.1) is 0 Å². The van der Waals surface area contributed by atoms with E-state index in [1.54, 1.807) is 0 Å². The van der Waals surface area contributed by atoms with E-state index in [9.17, 15) is 9.59 Å². The molecule has 0 saturated carbocycles. The lowest BCUT2D eigenvalue weighted by Crippen LogP contribution is -2.43. The van der Waals surface area contributed by atoms with Gasteiger partial charge in [0, 0.05) is 0 Å². The van der Waals surface area contributed by atoms with Crippen molar-refractivity contribution in [1.82, 2.24) is 0 Å². The summed E-state index contributed by atoms with van der Waals surface area (Å²) in [6.45, 7) is -0.291. The number of hydrogen-bond donors (Lipinski definition) is 0. The summed E-state index contributed by atoms with van der Waals surface area (Å²) in [4.78, 5) is 22.5. The Bertz CT molecular complexity index is 215. The lowest BCUT2D eigenvalue weighted by molar-refractivity contribution is -0.175. The van der Waals surface area contributed by atoms with Crippen molar-refractivity contribution >= 4 is 11.9 Å². The van der Waals surface area contributed by atoms with E-state index in [2.05, 4.69) is 9.47 Å². The van der Waals surface area contributed by atoms with E-state index in [1.165, 1.54) is 14.2 Å². The summed E-state index contributed by atoms with van der Waals surface area (Å²) in [5.74, 6) is -1.42. The highest BCUT2D eigenvalue weighted by atomic mass is 16.8. The normalized spacial score (nSPS) is 26.5. The molecule has 1 aliphatic heterocycles. The fourth-order valence-electron chi connectivity index (χ4n) is 1.07. The van der Waals surface area contributed by atoms with E-state index in [-0.39, 0.29) is 13.6 Å². The van der Waals surface area contributed by atoms with Gasteiger partial charge < -0.3 is 23.7 Å². The fraction of sp³-hybridized carbons (Fsp3) is 0.750. The third-order valence-electron chi connectivity index (χ3n) is 1.80. The van der Waals surface area contributed by atoms with Crippen molar-refractivity contribution in [2.75, 3.05) is 27.8 Å². The second-order valence-corrected chi connectivity index (χ2v) is 2.66. The van der Waals surface area contributed by atoms with Crippen molar-refractivity contribution in [2.24, 2.45) is 0 Å². The van der Waals surface area contributed by atoms with Crippen LogP contribution in [0, 0.1) is 0 Å². The van der Waals surface area contributed by atoms with Gasteiger partial charge in [0.05, 0.1) is 14.2 Å². The van der Waals surface area contributed by atoms with Crippen LogP contribution in [-0.4, -0.2) is 52.0 Å². The molecule has 0 radical (unpaired) electrons. The molecule has 0 aromatic heterocycles. The zero-order valence-electron chi connectivity index (χ0n) is 8.43. The highest BCUT2D eigenvalue weighted by molar-refractivity contribution is 5.85. The Labute approximate surface area is 86.2 Å². The lowest BCUT2D eigenvalue weighted by atomic mass is 10.2. The van der Waals surface area contributed by atoms with Crippen molar-refractivity contribution in [3.05, 3.63) is 0 Å². The van der Waals surface area contributed by atoms with Crippen LogP contribution in [0.3, 0.4) is 0 Å². The van der Waals surface area contributed by atoms with Gasteiger partial charge in [-0.05, 0) is 0 Å². The van der Waals surface area contributed by atoms with E-state index in [0.29, 0.717) is 0 Å². The average molecular weight is 220 g/mol. The molecule has 0 N–H and O–H groups in total. The molecule has 1 rings (SSSR count). The van der Waals surface area contributed by atoms with E-state index >= 15 is 0 Å². The molecule has 7 heteroatoms. The molecule has 1 fully saturated rings.